The summed E-state index contributed by atoms with van der Waals surface area (Å²) in [5.41, 5.74) is 3.03. The molecule has 5 rings (SSSR count). The van der Waals surface area contributed by atoms with Crippen LogP contribution in [0.3, 0.4) is 0 Å². The quantitative estimate of drug-likeness (QED) is 0.515. The van der Waals surface area contributed by atoms with Crippen molar-refractivity contribution >= 4 is 27.6 Å². The Balaban J connectivity index is 1.20. The van der Waals surface area contributed by atoms with Crippen molar-refractivity contribution in [2.75, 3.05) is 26.2 Å². The number of hydrogen-bond donors (Lipinski definition) is 1. The van der Waals surface area contributed by atoms with Gasteiger partial charge in [0.2, 0.25) is 5.91 Å². The maximum atomic E-state index is 12.7. The molecule has 1 atom stereocenters. The molecular weight excluding hydrogens is 388 g/mol. The molecule has 5 nitrogen and oxygen atoms in total. The van der Waals surface area contributed by atoms with Gasteiger partial charge in [-0.3, -0.25) is 9.69 Å². The van der Waals surface area contributed by atoms with Gasteiger partial charge in [0.05, 0.1) is 25.4 Å². The Morgan fingerprint density at radius 2 is 1.87 bits per heavy atom. The van der Waals surface area contributed by atoms with Gasteiger partial charge in [0.15, 0.2) is 0 Å². The second-order valence-corrected chi connectivity index (χ2v) is 8.12. The maximum Gasteiger partial charge on any atom is 0.224 e. The molecule has 1 aliphatic heterocycles. The minimum atomic E-state index is -0.0144. The Bertz CT molecular complexity index is 1190. The summed E-state index contributed by atoms with van der Waals surface area (Å²) in [6.45, 7) is 3.83. The first-order valence-electron chi connectivity index (χ1n) is 10.8. The standard InChI is InChI=1S/C26H26N2O3/c29-25(14-21-18-31-24-11-10-20-8-4-5-9-23(20)26(21)24)27-15-22-17-28(12-13-30-22)16-19-6-2-1-3-7-19/h1-11,18,22H,12-17H2,(H,27,29)/t22-/m0/s1. The molecule has 1 fully saturated rings. The number of furan rings is 1. The van der Waals surface area contributed by atoms with Gasteiger partial charge in [0.25, 0.3) is 0 Å². The highest BCUT2D eigenvalue weighted by Gasteiger charge is 2.21. The number of benzene rings is 3. The Labute approximate surface area is 181 Å². The lowest BCUT2D eigenvalue weighted by Gasteiger charge is -2.33. The van der Waals surface area contributed by atoms with Crippen LogP contribution < -0.4 is 5.32 Å². The predicted octanol–water partition coefficient (Wildman–Crippen LogP) is 4.15. The highest BCUT2D eigenvalue weighted by Crippen LogP contribution is 2.30. The van der Waals surface area contributed by atoms with E-state index in [-0.39, 0.29) is 12.0 Å². The van der Waals surface area contributed by atoms with Gasteiger partial charge in [-0.25, -0.2) is 0 Å². The summed E-state index contributed by atoms with van der Waals surface area (Å²) in [6, 6.07) is 22.7. The van der Waals surface area contributed by atoms with E-state index in [1.165, 1.54) is 5.56 Å². The molecule has 2 heterocycles. The van der Waals surface area contributed by atoms with Crippen molar-refractivity contribution in [2.45, 2.75) is 19.1 Å². The first kappa shape index (κ1) is 19.8. The van der Waals surface area contributed by atoms with E-state index in [2.05, 4.69) is 46.6 Å². The number of nitrogens with zero attached hydrogens (tertiary/aromatic N) is 1. The van der Waals surface area contributed by atoms with Gasteiger partial charge >= 0.3 is 0 Å². The highest BCUT2D eigenvalue weighted by atomic mass is 16.5. The summed E-state index contributed by atoms with van der Waals surface area (Å²) in [7, 11) is 0. The van der Waals surface area contributed by atoms with Crippen LogP contribution in [0, 0.1) is 0 Å². The van der Waals surface area contributed by atoms with Gasteiger partial charge in [-0.1, -0.05) is 60.7 Å². The number of fused-ring (bicyclic) bond motifs is 3. The smallest absolute Gasteiger partial charge is 0.224 e. The fourth-order valence-electron chi connectivity index (χ4n) is 4.36. The number of hydrogen-bond acceptors (Lipinski definition) is 4. The zero-order valence-corrected chi connectivity index (χ0v) is 17.4. The molecule has 1 aliphatic rings. The molecule has 1 saturated heterocycles. The first-order chi connectivity index (χ1) is 15.3. The van der Waals surface area contributed by atoms with Crippen LogP contribution in [0.2, 0.25) is 0 Å². The molecule has 0 radical (unpaired) electrons. The van der Waals surface area contributed by atoms with E-state index >= 15 is 0 Å². The largest absolute Gasteiger partial charge is 0.464 e. The van der Waals surface area contributed by atoms with E-state index in [0.717, 1.165) is 46.9 Å². The lowest BCUT2D eigenvalue weighted by atomic mass is 10.0. The topological polar surface area (TPSA) is 54.7 Å². The fraction of sp³-hybridized carbons (Fsp3) is 0.269. The summed E-state index contributed by atoms with van der Waals surface area (Å²) >= 11 is 0. The number of morpholine rings is 1. The van der Waals surface area contributed by atoms with E-state index in [1.54, 1.807) is 6.26 Å². The SMILES string of the molecule is O=C(Cc1coc2ccc3ccccc3c12)NC[C@H]1CN(Cc2ccccc2)CCO1. The molecule has 4 aromatic rings. The van der Waals surface area contributed by atoms with E-state index < -0.39 is 0 Å². The van der Waals surface area contributed by atoms with Crippen molar-refractivity contribution in [3.63, 3.8) is 0 Å². The number of carbonyl (C=O) groups is 1. The zero-order valence-electron chi connectivity index (χ0n) is 17.4. The second-order valence-electron chi connectivity index (χ2n) is 8.12. The third-order valence-electron chi connectivity index (χ3n) is 5.89. The lowest BCUT2D eigenvalue weighted by molar-refractivity contribution is -0.121. The molecule has 158 valence electrons. The van der Waals surface area contributed by atoms with Gasteiger partial charge in [0, 0.05) is 37.1 Å². The molecule has 1 aromatic heterocycles. The van der Waals surface area contributed by atoms with Crippen LogP contribution in [0.4, 0.5) is 0 Å². The van der Waals surface area contributed by atoms with Gasteiger partial charge in [-0.15, -0.1) is 0 Å². The second kappa shape index (κ2) is 8.92. The summed E-state index contributed by atoms with van der Waals surface area (Å²) < 4.78 is 11.6. The number of ether oxygens (including phenoxy) is 1. The molecule has 0 bridgehead atoms. The third-order valence-corrected chi connectivity index (χ3v) is 5.89. The van der Waals surface area contributed by atoms with Crippen molar-refractivity contribution in [2.24, 2.45) is 0 Å². The Kier molecular flexibility index (Phi) is 5.69. The zero-order chi connectivity index (χ0) is 21.0. The number of nitrogens with one attached hydrogen (secondary N) is 1. The van der Waals surface area contributed by atoms with Gasteiger partial charge in [0.1, 0.15) is 5.58 Å². The molecule has 5 heteroatoms. The van der Waals surface area contributed by atoms with Crippen molar-refractivity contribution in [3.05, 3.63) is 84.1 Å². The molecule has 3 aromatic carbocycles. The van der Waals surface area contributed by atoms with Gasteiger partial charge in [-0.05, 0) is 22.4 Å². The van der Waals surface area contributed by atoms with Crippen LogP contribution in [0.5, 0.6) is 0 Å². The Hall–Kier alpha value is -3.15. The van der Waals surface area contributed by atoms with Crippen molar-refractivity contribution in [3.8, 4) is 0 Å². The van der Waals surface area contributed by atoms with Gasteiger partial charge < -0.3 is 14.5 Å². The van der Waals surface area contributed by atoms with Crippen LogP contribution in [0.1, 0.15) is 11.1 Å². The van der Waals surface area contributed by atoms with Crippen molar-refractivity contribution < 1.29 is 13.9 Å². The molecular formula is C26H26N2O3. The average molecular weight is 415 g/mol. The number of amides is 1. The molecule has 1 amide bonds. The molecule has 0 unspecified atom stereocenters. The van der Waals surface area contributed by atoms with Crippen LogP contribution in [0.15, 0.2) is 77.4 Å². The van der Waals surface area contributed by atoms with Gasteiger partial charge in [-0.2, -0.15) is 0 Å². The first-order valence-corrected chi connectivity index (χ1v) is 10.8. The molecule has 0 saturated carbocycles. The third kappa shape index (κ3) is 4.48. The molecule has 31 heavy (non-hydrogen) atoms. The minimum absolute atomic E-state index is 0.00309. The average Bonchev–Trinajstić information content (AvgIpc) is 3.22. The molecule has 0 aliphatic carbocycles. The monoisotopic (exact) mass is 414 g/mol. The van der Waals surface area contributed by atoms with E-state index in [4.69, 9.17) is 9.15 Å². The summed E-state index contributed by atoms with van der Waals surface area (Å²) in [4.78, 5) is 15.1. The minimum Gasteiger partial charge on any atom is -0.464 e. The van der Waals surface area contributed by atoms with E-state index in [1.807, 2.05) is 30.3 Å². The predicted molar refractivity (Wildman–Crippen MR) is 122 cm³/mol. The van der Waals surface area contributed by atoms with Crippen LogP contribution in [-0.2, 0) is 22.5 Å². The number of rotatable bonds is 6. The Morgan fingerprint density at radius 1 is 1.03 bits per heavy atom. The summed E-state index contributed by atoms with van der Waals surface area (Å²) in [5, 5.41) is 6.34. The lowest BCUT2D eigenvalue weighted by Crippen LogP contribution is -2.47. The van der Waals surface area contributed by atoms with E-state index in [0.29, 0.717) is 19.6 Å². The van der Waals surface area contributed by atoms with Crippen LogP contribution >= 0.6 is 0 Å². The van der Waals surface area contributed by atoms with Crippen LogP contribution in [-0.4, -0.2) is 43.2 Å². The Morgan fingerprint density at radius 3 is 2.77 bits per heavy atom. The normalized spacial score (nSPS) is 17.2. The van der Waals surface area contributed by atoms with Crippen molar-refractivity contribution in [1.29, 1.82) is 0 Å². The number of carbonyl (C=O) groups excluding carboxylic acids is 1. The molecule has 1 N–H and O–H groups in total. The molecule has 0 spiro atoms. The van der Waals surface area contributed by atoms with Crippen LogP contribution in [0.25, 0.3) is 21.7 Å². The summed E-state index contributed by atoms with van der Waals surface area (Å²) in [5.74, 6) is -0.0144. The summed E-state index contributed by atoms with van der Waals surface area (Å²) in [6.07, 6.45) is 2.00. The highest BCUT2D eigenvalue weighted by molar-refractivity contribution is 6.08. The van der Waals surface area contributed by atoms with Crippen molar-refractivity contribution in [1.82, 2.24) is 10.2 Å². The fourth-order valence-corrected chi connectivity index (χ4v) is 4.36. The van der Waals surface area contributed by atoms with E-state index in [9.17, 15) is 4.79 Å². The maximum absolute atomic E-state index is 12.7.